The molecule has 1 unspecified atom stereocenters. The summed E-state index contributed by atoms with van der Waals surface area (Å²) >= 11 is 0. The number of H-pyrrole nitrogens is 1. The number of morpholine rings is 1. The van der Waals surface area contributed by atoms with Crippen LogP contribution in [0.1, 0.15) is 69.1 Å². The molecule has 0 saturated carbocycles. The molecule has 22 heavy (non-hydrogen) atoms. The van der Waals surface area contributed by atoms with E-state index in [-0.39, 0.29) is 12.0 Å². The van der Waals surface area contributed by atoms with E-state index >= 15 is 0 Å². The molecular weight excluding hydrogens is 278 g/mol. The highest BCUT2D eigenvalue weighted by Gasteiger charge is 2.26. The molecular formula is C17H29N3O2. The van der Waals surface area contributed by atoms with E-state index in [0.29, 0.717) is 31.3 Å². The fraction of sp³-hybridized carbons (Fsp3) is 0.765. The number of carbonyl (C=O) groups is 1. The zero-order valence-corrected chi connectivity index (χ0v) is 14.3. The Morgan fingerprint density at radius 1 is 1.45 bits per heavy atom. The van der Waals surface area contributed by atoms with Gasteiger partial charge in [0.15, 0.2) is 0 Å². The molecule has 1 amide bonds. The summed E-state index contributed by atoms with van der Waals surface area (Å²) in [6, 6.07) is 1.87. The third-order valence-corrected chi connectivity index (χ3v) is 4.17. The van der Waals surface area contributed by atoms with E-state index in [0.717, 1.165) is 24.5 Å². The first kappa shape index (κ1) is 17.0. The van der Waals surface area contributed by atoms with Crippen molar-refractivity contribution in [2.75, 3.05) is 19.7 Å². The van der Waals surface area contributed by atoms with Crippen LogP contribution in [0.25, 0.3) is 0 Å². The third kappa shape index (κ3) is 4.57. The van der Waals surface area contributed by atoms with E-state index in [1.54, 1.807) is 0 Å². The van der Waals surface area contributed by atoms with Crippen LogP contribution < -0.4 is 0 Å². The Morgan fingerprint density at radius 2 is 2.23 bits per heavy atom. The Balaban J connectivity index is 1.89. The van der Waals surface area contributed by atoms with Crippen LogP contribution in [-0.2, 0) is 4.74 Å². The van der Waals surface area contributed by atoms with E-state index in [1.165, 1.54) is 6.42 Å². The zero-order chi connectivity index (χ0) is 16.1. The SMILES string of the molecule is CC(C)CCCC1CN(C(=O)c2cc(C(C)C)[nH]n2)CCO1. The van der Waals surface area contributed by atoms with E-state index in [9.17, 15) is 4.79 Å². The zero-order valence-electron chi connectivity index (χ0n) is 14.3. The molecule has 2 heterocycles. The molecule has 124 valence electrons. The van der Waals surface area contributed by atoms with Gasteiger partial charge in [-0.15, -0.1) is 0 Å². The number of nitrogens with one attached hydrogen (secondary N) is 1. The van der Waals surface area contributed by atoms with Crippen LogP contribution in [-0.4, -0.2) is 46.8 Å². The third-order valence-electron chi connectivity index (χ3n) is 4.17. The maximum Gasteiger partial charge on any atom is 0.274 e. The minimum atomic E-state index is 0.0142. The lowest BCUT2D eigenvalue weighted by atomic mass is 10.0. The van der Waals surface area contributed by atoms with Gasteiger partial charge in [0, 0.05) is 18.8 Å². The summed E-state index contributed by atoms with van der Waals surface area (Å²) in [6.07, 6.45) is 3.56. The molecule has 1 aromatic rings. The van der Waals surface area contributed by atoms with Gasteiger partial charge in [-0.25, -0.2) is 0 Å². The average molecular weight is 307 g/mol. The number of nitrogens with zero attached hydrogens (tertiary/aromatic N) is 2. The van der Waals surface area contributed by atoms with Crippen molar-refractivity contribution in [1.82, 2.24) is 15.1 Å². The molecule has 1 aliphatic rings. The van der Waals surface area contributed by atoms with Gasteiger partial charge in [0.05, 0.1) is 12.7 Å². The predicted octanol–water partition coefficient (Wildman–Crippen LogP) is 3.20. The molecule has 0 spiro atoms. The minimum Gasteiger partial charge on any atom is -0.375 e. The Hall–Kier alpha value is -1.36. The van der Waals surface area contributed by atoms with Gasteiger partial charge in [0.1, 0.15) is 5.69 Å². The summed E-state index contributed by atoms with van der Waals surface area (Å²) < 4.78 is 5.80. The van der Waals surface area contributed by atoms with Crippen molar-refractivity contribution < 1.29 is 9.53 Å². The van der Waals surface area contributed by atoms with Gasteiger partial charge >= 0.3 is 0 Å². The Labute approximate surface area is 133 Å². The lowest BCUT2D eigenvalue weighted by Crippen LogP contribution is -2.45. The molecule has 0 bridgehead atoms. The quantitative estimate of drug-likeness (QED) is 0.878. The van der Waals surface area contributed by atoms with Crippen LogP contribution in [0.4, 0.5) is 0 Å². The minimum absolute atomic E-state index is 0.0142. The first-order chi connectivity index (χ1) is 10.5. The number of rotatable bonds is 6. The Kier molecular flexibility index (Phi) is 6.00. The summed E-state index contributed by atoms with van der Waals surface area (Å²) in [7, 11) is 0. The summed E-state index contributed by atoms with van der Waals surface area (Å²) in [5.74, 6) is 1.09. The highest BCUT2D eigenvalue weighted by molar-refractivity contribution is 5.92. The second-order valence-corrected chi connectivity index (χ2v) is 6.93. The molecule has 1 N–H and O–H groups in total. The molecule has 0 radical (unpaired) electrons. The summed E-state index contributed by atoms with van der Waals surface area (Å²) in [5.41, 5.74) is 1.52. The second-order valence-electron chi connectivity index (χ2n) is 6.93. The maximum absolute atomic E-state index is 12.6. The van der Waals surface area contributed by atoms with Gasteiger partial charge in [0.2, 0.25) is 0 Å². The Bertz CT molecular complexity index is 482. The molecule has 0 aromatic carbocycles. The molecule has 1 atom stereocenters. The average Bonchev–Trinajstić information content (AvgIpc) is 2.96. The van der Waals surface area contributed by atoms with Crippen molar-refractivity contribution >= 4 is 5.91 Å². The number of aromatic nitrogens is 2. The number of aromatic amines is 1. The van der Waals surface area contributed by atoms with Crippen LogP contribution in [0, 0.1) is 5.92 Å². The standard InChI is InChI=1S/C17H29N3O2/c1-12(2)6-5-7-14-11-20(8-9-22-14)17(21)16-10-15(13(3)4)18-19-16/h10,12-14H,5-9,11H2,1-4H3,(H,18,19). The van der Waals surface area contributed by atoms with Crippen LogP contribution in [0.3, 0.4) is 0 Å². The van der Waals surface area contributed by atoms with Crippen LogP contribution in [0.15, 0.2) is 6.07 Å². The molecule has 1 aromatic heterocycles. The van der Waals surface area contributed by atoms with Crippen LogP contribution >= 0.6 is 0 Å². The summed E-state index contributed by atoms with van der Waals surface area (Å²) in [5, 5.41) is 7.12. The fourth-order valence-corrected chi connectivity index (χ4v) is 2.74. The summed E-state index contributed by atoms with van der Waals surface area (Å²) in [4.78, 5) is 14.4. The first-order valence-corrected chi connectivity index (χ1v) is 8.43. The van der Waals surface area contributed by atoms with Gasteiger partial charge < -0.3 is 9.64 Å². The van der Waals surface area contributed by atoms with Gasteiger partial charge in [-0.1, -0.05) is 40.5 Å². The van der Waals surface area contributed by atoms with E-state index < -0.39 is 0 Å². The number of carbonyl (C=O) groups excluding carboxylic acids is 1. The summed E-state index contributed by atoms with van der Waals surface area (Å²) in [6.45, 7) is 10.6. The lowest BCUT2D eigenvalue weighted by Gasteiger charge is -2.32. The molecule has 1 saturated heterocycles. The number of amides is 1. The fourth-order valence-electron chi connectivity index (χ4n) is 2.74. The largest absolute Gasteiger partial charge is 0.375 e. The van der Waals surface area contributed by atoms with E-state index in [2.05, 4.69) is 37.9 Å². The van der Waals surface area contributed by atoms with Crippen molar-refractivity contribution in [3.63, 3.8) is 0 Å². The van der Waals surface area contributed by atoms with Gasteiger partial charge in [0.25, 0.3) is 5.91 Å². The molecule has 2 rings (SSSR count). The Morgan fingerprint density at radius 3 is 2.86 bits per heavy atom. The van der Waals surface area contributed by atoms with Crippen molar-refractivity contribution in [3.8, 4) is 0 Å². The molecule has 5 nitrogen and oxygen atoms in total. The van der Waals surface area contributed by atoms with Crippen LogP contribution in [0.5, 0.6) is 0 Å². The number of ether oxygens (including phenoxy) is 1. The smallest absolute Gasteiger partial charge is 0.274 e. The number of hydrogen-bond donors (Lipinski definition) is 1. The molecule has 0 aliphatic carbocycles. The maximum atomic E-state index is 12.6. The highest BCUT2D eigenvalue weighted by atomic mass is 16.5. The molecule has 1 fully saturated rings. The van der Waals surface area contributed by atoms with E-state index in [1.807, 2.05) is 11.0 Å². The topological polar surface area (TPSA) is 58.2 Å². The van der Waals surface area contributed by atoms with Crippen molar-refractivity contribution in [2.45, 2.75) is 59.0 Å². The van der Waals surface area contributed by atoms with Gasteiger partial charge in [-0.05, 0) is 24.3 Å². The molecule has 1 aliphatic heterocycles. The molecule has 5 heteroatoms. The van der Waals surface area contributed by atoms with Crippen LogP contribution in [0.2, 0.25) is 0 Å². The van der Waals surface area contributed by atoms with E-state index in [4.69, 9.17) is 4.74 Å². The van der Waals surface area contributed by atoms with Gasteiger partial charge in [-0.3, -0.25) is 9.89 Å². The van der Waals surface area contributed by atoms with Gasteiger partial charge in [-0.2, -0.15) is 5.10 Å². The monoisotopic (exact) mass is 307 g/mol. The lowest BCUT2D eigenvalue weighted by molar-refractivity contribution is -0.0262. The highest BCUT2D eigenvalue weighted by Crippen LogP contribution is 2.17. The second kappa shape index (κ2) is 7.77. The first-order valence-electron chi connectivity index (χ1n) is 8.43. The normalized spacial score (nSPS) is 19.2. The van der Waals surface area contributed by atoms with Crippen molar-refractivity contribution in [2.24, 2.45) is 5.92 Å². The number of hydrogen-bond acceptors (Lipinski definition) is 3. The predicted molar refractivity (Wildman–Crippen MR) is 87.0 cm³/mol. The van der Waals surface area contributed by atoms with Crippen molar-refractivity contribution in [1.29, 1.82) is 0 Å². The van der Waals surface area contributed by atoms with Crippen molar-refractivity contribution in [3.05, 3.63) is 17.5 Å².